The van der Waals surface area contributed by atoms with Crippen molar-refractivity contribution in [2.45, 2.75) is 36.2 Å². The first-order chi connectivity index (χ1) is 10.4. The Morgan fingerprint density at radius 2 is 1.91 bits per heavy atom. The number of fused-ring (bicyclic) bond motifs is 2. The maximum Gasteiger partial charge on any atom is 0.248 e. The number of halogens is 2. The summed E-state index contributed by atoms with van der Waals surface area (Å²) in [4.78, 5) is 11.5. The molecule has 2 heterocycles. The number of nitrogens with one attached hydrogen (secondary N) is 1. The first-order valence-electron chi connectivity index (χ1n) is 7.24. The van der Waals surface area contributed by atoms with Gasteiger partial charge in [-0.25, -0.2) is 8.42 Å². The van der Waals surface area contributed by atoms with Crippen molar-refractivity contribution in [2.75, 3.05) is 13.1 Å². The Morgan fingerprint density at radius 1 is 1.22 bits per heavy atom. The summed E-state index contributed by atoms with van der Waals surface area (Å²) in [6, 6.07) is 4.43. The van der Waals surface area contributed by atoms with Crippen LogP contribution in [0.15, 0.2) is 27.6 Å². The van der Waals surface area contributed by atoms with Gasteiger partial charge in [-0.2, -0.15) is 4.31 Å². The maximum atomic E-state index is 13.1. The van der Waals surface area contributed by atoms with Crippen LogP contribution in [-0.2, 0) is 10.0 Å². The zero-order chi connectivity index (χ0) is 15.9. The number of primary amides is 1. The zero-order valence-electron chi connectivity index (χ0n) is 12.4. The van der Waals surface area contributed by atoms with Crippen molar-refractivity contribution in [2.24, 2.45) is 5.73 Å². The minimum atomic E-state index is -3.64. The molecule has 2 atom stereocenters. The van der Waals surface area contributed by atoms with E-state index < -0.39 is 15.9 Å². The zero-order valence-corrected chi connectivity index (χ0v) is 15.6. The molecule has 9 heteroatoms. The Labute approximate surface area is 150 Å². The summed E-state index contributed by atoms with van der Waals surface area (Å²) in [6.45, 7) is 1.50. The van der Waals surface area contributed by atoms with E-state index in [0.29, 0.717) is 11.0 Å². The fourth-order valence-electron chi connectivity index (χ4n) is 3.31. The molecule has 23 heavy (non-hydrogen) atoms. The molecule has 2 saturated heterocycles. The van der Waals surface area contributed by atoms with E-state index in [-0.39, 0.29) is 34.9 Å². The molecule has 0 spiro atoms. The van der Waals surface area contributed by atoms with Crippen molar-refractivity contribution in [3.63, 3.8) is 0 Å². The van der Waals surface area contributed by atoms with Gasteiger partial charge < -0.3 is 11.1 Å². The number of benzene rings is 1. The highest BCUT2D eigenvalue weighted by Gasteiger charge is 2.43. The maximum absolute atomic E-state index is 13.1. The van der Waals surface area contributed by atoms with Gasteiger partial charge >= 0.3 is 0 Å². The van der Waals surface area contributed by atoms with E-state index >= 15 is 0 Å². The minimum absolute atomic E-state index is 0. The lowest BCUT2D eigenvalue weighted by Gasteiger charge is -2.27. The second-order valence-electron chi connectivity index (χ2n) is 5.75. The molecule has 0 radical (unpaired) electrons. The van der Waals surface area contributed by atoms with Crippen LogP contribution in [0.3, 0.4) is 0 Å². The van der Waals surface area contributed by atoms with Crippen molar-refractivity contribution in [3.05, 3.63) is 28.2 Å². The molecule has 0 aromatic heterocycles. The first kappa shape index (κ1) is 18.7. The lowest BCUT2D eigenvalue weighted by molar-refractivity contribution is 0.1000. The molecule has 2 aliphatic heterocycles. The van der Waals surface area contributed by atoms with Gasteiger partial charge in [0.05, 0.1) is 4.90 Å². The van der Waals surface area contributed by atoms with E-state index in [1.54, 1.807) is 4.31 Å². The molecule has 0 saturated carbocycles. The van der Waals surface area contributed by atoms with Crippen molar-refractivity contribution in [3.8, 4) is 0 Å². The molecule has 2 aliphatic rings. The first-order valence-corrected chi connectivity index (χ1v) is 9.47. The highest BCUT2D eigenvalue weighted by atomic mass is 79.9. The van der Waals surface area contributed by atoms with Crippen LogP contribution < -0.4 is 11.1 Å². The van der Waals surface area contributed by atoms with Crippen molar-refractivity contribution in [1.29, 1.82) is 0 Å². The van der Waals surface area contributed by atoms with Crippen LogP contribution in [0.5, 0.6) is 0 Å². The monoisotopic (exact) mass is 423 g/mol. The molecule has 2 fully saturated rings. The number of rotatable bonds is 3. The third-order valence-electron chi connectivity index (χ3n) is 4.32. The Balaban J connectivity index is 0.00000192. The molecule has 128 valence electrons. The summed E-state index contributed by atoms with van der Waals surface area (Å²) in [6.07, 6.45) is 2.57. The summed E-state index contributed by atoms with van der Waals surface area (Å²) in [7, 11) is -3.64. The summed E-state index contributed by atoms with van der Waals surface area (Å²) >= 11 is 3.26. The molecule has 3 rings (SSSR count). The van der Waals surface area contributed by atoms with E-state index in [0.717, 1.165) is 25.8 Å². The number of amides is 1. The fraction of sp³-hybridized carbons (Fsp3) is 0.500. The third kappa shape index (κ3) is 3.56. The summed E-state index contributed by atoms with van der Waals surface area (Å²) < 4.78 is 28.3. The number of carbonyl (C=O) groups is 1. The molecular weight excluding hydrogens is 406 g/mol. The standard InChI is InChI=1S/C14H18BrN3O3S.ClH/c15-10-5-9(14(16)19)6-13(7-10)22(20,21)18-11-1-2-12(18)8-17-4-3-11;/h5-7,11-12,17H,1-4,8H2,(H2,16,19);1H. The lowest BCUT2D eigenvalue weighted by Crippen LogP contribution is -2.42. The van der Waals surface area contributed by atoms with E-state index in [2.05, 4.69) is 21.2 Å². The largest absolute Gasteiger partial charge is 0.366 e. The second kappa shape index (κ2) is 7.06. The summed E-state index contributed by atoms with van der Waals surface area (Å²) in [5, 5.41) is 3.28. The highest BCUT2D eigenvalue weighted by molar-refractivity contribution is 9.10. The van der Waals surface area contributed by atoms with Gasteiger partial charge in [-0.05, 0) is 44.0 Å². The van der Waals surface area contributed by atoms with Gasteiger partial charge in [-0.1, -0.05) is 15.9 Å². The van der Waals surface area contributed by atoms with Crippen molar-refractivity contribution < 1.29 is 13.2 Å². The lowest BCUT2D eigenvalue weighted by atomic mass is 10.1. The number of nitrogens with two attached hydrogens (primary N) is 1. The van der Waals surface area contributed by atoms with Crippen LogP contribution in [0, 0.1) is 0 Å². The Kier molecular flexibility index (Phi) is 5.73. The number of hydrogen-bond donors (Lipinski definition) is 2. The smallest absolute Gasteiger partial charge is 0.248 e. The van der Waals surface area contributed by atoms with Crippen molar-refractivity contribution >= 4 is 44.3 Å². The van der Waals surface area contributed by atoms with Crippen LogP contribution in [-0.4, -0.2) is 43.8 Å². The molecule has 1 aromatic rings. The topological polar surface area (TPSA) is 92.5 Å². The van der Waals surface area contributed by atoms with Crippen LogP contribution in [0.25, 0.3) is 0 Å². The van der Waals surface area contributed by atoms with Gasteiger partial charge in [0.15, 0.2) is 0 Å². The summed E-state index contributed by atoms with van der Waals surface area (Å²) in [5.41, 5.74) is 5.48. The minimum Gasteiger partial charge on any atom is -0.366 e. The molecular formula is C14H19BrClN3O3S. The van der Waals surface area contributed by atoms with Crippen LogP contribution in [0.4, 0.5) is 0 Å². The molecule has 2 unspecified atom stereocenters. The van der Waals surface area contributed by atoms with Gasteiger partial charge in [-0.3, -0.25) is 4.79 Å². The number of carbonyl (C=O) groups excluding carboxylic acids is 1. The third-order valence-corrected chi connectivity index (χ3v) is 6.76. The van der Waals surface area contributed by atoms with Gasteiger partial charge in [-0.15, -0.1) is 12.4 Å². The number of nitrogens with zero attached hydrogens (tertiary/aromatic N) is 1. The number of hydrogen-bond acceptors (Lipinski definition) is 4. The second-order valence-corrected chi connectivity index (χ2v) is 8.51. The predicted molar refractivity (Wildman–Crippen MR) is 93.2 cm³/mol. The summed E-state index contributed by atoms with van der Waals surface area (Å²) in [5.74, 6) is -0.641. The van der Waals surface area contributed by atoms with E-state index in [4.69, 9.17) is 5.73 Å². The SMILES string of the molecule is Cl.NC(=O)c1cc(Br)cc(S(=O)(=O)N2C3CCNCC2CC3)c1. The van der Waals surface area contributed by atoms with Crippen LogP contribution in [0.1, 0.15) is 29.6 Å². The molecule has 1 aromatic carbocycles. The number of sulfonamides is 1. The quantitative estimate of drug-likeness (QED) is 0.769. The van der Waals surface area contributed by atoms with Crippen molar-refractivity contribution in [1.82, 2.24) is 9.62 Å². The molecule has 0 aliphatic carbocycles. The van der Waals surface area contributed by atoms with Gasteiger partial charge in [0.25, 0.3) is 0 Å². The molecule has 3 N–H and O–H groups in total. The van der Waals surface area contributed by atoms with E-state index in [9.17, 15) is 13.2 Å². The molecule has 2 bridgehead atoms. The molecule has 1 amide bonds. The average molecular weight is 425 g/mol. The highest BCUT2D eigenvalue weighted by Crippen LogP contribution is 2.34. The van der Waals surface area contributed by atoms with E-state index in [1.807, 2.05) is 0 Å². The average Bonchev–Trinajstić information content (AvgIpc) is 2.72. The van der Waals surface area contributed by atoms with Gasteiger partial charge in [0, 0.05) is 28.7 Å². The van der Waals surface area contributed by atoms with Gasteiger partial charge in [0.2, 0.25) is 15.9 Å². The fourth-order valence-corrected chi connectivity index (χ4v) is 5.92. The normalized spacial score (nSPS) is 24.7. The Bertz CT molecular complexity index is 699. The predicted octanol–water partition coefficient (Wildman–Crippen LogP) is 1.48. The van der Waals surface area contributed by atoms with Gasteiger partial charge in [0.1, 0.15) is 0 Å². The molecule has 6 nitrogen and oxygen atoms in total. The Morgan fingerprint density at radius 3 is 2.61 bits per heavy atom. The van der Waals surface area contributed by atoms with E-state index in [1.165, 1.54) is 18.2 Å². The van der Waals surface area contributed by atoms with Crippen LogP contribution in [0.2, 0.25) is 0 Å². The van der Waals surface area contributed by atoms with Crippen LogP contribution >= 0.6 is 28.3 Å². The Hall–Kier alpha value is -0.670.